The van der Waals surface area contributed by atoms with Gasteiger partial charge in [0.1, 0.15) is 52.6 Å². The number of benzene rings is 2. The van der Waals surface area contributed by atoms with Crippen LogP contribution in [0.2, 0.25) is 5.02 Å². The van der Waals surface area contributed by atoms with Gasteiger partial charge in [-0.3, -0.25) is 18.8 Å². The molecule has 0 spiro atoms. The molecule has 59 heavy (non-hydrogen) atoms. The molecule has 0 bridgehead atoms. The van der Waals surface area contributed by atoms with Crippen LogP contribution in [0.5, 0.6) is 0 Å². The molecule has 7 rings (SSSR count). The Labute approximate surface area is 336 Å². The van der Waals surface area contributed by atoms with Gasteiger partial charge < -0.3 is 16.4 Å². The van der Waals surface area contributed by atoms with Gasteiger partial charge in [-0.15, -0.1) is 0 Å². The number of aromatic nitrogens is 6. The number of amidine groups is 1. The summed E-state index contributed by atoms with van der Waals surface area (Å²) in [7, 11) is 1.43. The molecule has 1 amide bonds. The number of rotatable bonds is 12. The zero-order chi connectivity index (χ0) is 42.7. The van der Waals surface area contributed by atoms with E-state index in [1.54, 1.807) is 6.26 Å². The minimum atomic E-state index is -4.96. The highest BCUT2D eigenvalue weighted by atomic mass is 35.5. The molecule has 1 fully saturated rings. The van der Waals surface area contributed by atoms with Crippen LogP contribution in [0.3, 0.4) is 0 Å². The minimum Gasteiger partial charge on any atom is -0.386 e. The first-order chi connectivity index (χ1) is 27.8. The second kappa shape index (κ2) is 15.5. The van der Waals surface area contributed by atoms with Gasteiger partial charge in [0.25, 0.3) is 17.9 Å². The summed E-state index contributed by atoms with van der Waals surface area (Å²) in [6.07, 6.45) is -6.50. The number of amides is 1. The van der Waals surface area contributed by atoms with Crippen LogP contribution in [0.15, 0.2) is 57.9 Å². The Morgan fingerprint density at radius 2 is 1.83 bits per heavy atom. The molecule has 3 aromatic heterocycles. The molecular weight excluding hydrogens is 843 g/mol. The zero-order valence-electron chi connectivity index (χ0n) is 30.3. The van der Waals surface area contributed by atoms with E-state index in [-0.39, 0.29) is 45.3 Å². The first-order valence-corrected chi connectivity index (χ1v) is 18.8. The van der Waals surface area contributed by atoms with Gasteiger partial charge in [-0.1, -0.05) is 11.6 Å². The third-order valence-electron chi connectivity index (χ3n) is 9.66. The van der Waals surface area contributed by atoms with Crippen LogP contribution >= 0.6 is 23.5 Å². The summed E-state index contributed by atoms with van der Waals surface area (Å²) in [5, 5.41) is 9.08. The fourth-order valence-electron chi connectivity index (χ4n) is 7.26. The number of fused-ring (bicyclic) bond motifs is 3. The van der Waals surface area contributed by atoms with Crippen molar-refractivity contribution >= 4 is 41.0 Å². The van der Waals surface area contributed by atoms with E-state index in [4.69, 9.17) is 17.3 Å². The molecule has 3 atom stereocenters. The van der Waals surface area contributed by atoms with E-state index >= 15 is 8.78 Å². The number of carbonyl (C=O) groups is 1. The van der Waals surface area contributed by atoms with E-state index in [1.807, 2.05) is 0 Å². The summed E-state index contributed by atoms with van der Waals surface area (Å²) in [5.74, 6) is -10.3. The number of carbonyl (C=O) groups excluding carboxylic acids is 1. The lowest BCUT2D eigenvalue weighted by Crippen LogP contribution is -2.38. The maximum atomic E-state index is 15.4. The standard InChI is InChI=1S/C36H28ClF9N10O2S/c1-48-28-22(4-3-19(37)27(28)32(47)54-59-2)56-25(58)12-20(33-49-6-5-23(52-33)36(44,45)46)51-34(56)21(9-14-7-15(38)10-16(39)8-14)50-24(57)13-55-30-26(29(53-55)31(40)41)17-11-18(17)35(30,42)43/h3-8,10,12,17-18,21,31,48H,9,11,13H2,1-2H3,(H2,47,54)(H,50,57). The first kappa shape index (κ1) is 41.5. The summed E-state index contributed by atoms with van der Waals surface area (Å²) in [5.41, 5.74) is 1.05. The quantitative estimate of drug-likeness (QED) is 0.0515. The summed E-state index contributed by atoms with van der Waals surface area (Å²) < 4.78 is 135. The van der Waals surface area contributed by atoms with Crippen molar-refractivity contribution in [2.45, 2.75) is 49.9 Å². The van der Waals surface area contributed by atoms with E-state index in [9.17, 15) is 40.3 Å². The third-order valence-corrected chi connectivity index (χ3v) is 10.4. The lowest BCUT2D eigenvalue weighted by atomic mass is 10.0. The number of nitrogens with two attached hydrogens (primary N) is 1. The van der Waals surface area contributed by atoms with Crippen LogP contribution in [0.4, 0.5) is 45.2 Å². The summed E-state index contributed by atoms with van der Waals surface area (Å²) in [6, 6.07) is 4.63. The number of anilines is 1. The molecule has 0 saturated heterocycles. The summed E-state index contributed by atoms with van der Waals surface area (Å²) >= 11 is 7.48. The molecule has 3 unspecified atom stereocenters. The maximum absolute atomic E-state index is 15.4. The monoisotopic (exact) mass is 870 g/mol. The van der Waals surface area contributed by atoms with Crippen molar-refractivity contribution in [2.24, 2.45) is 16.0 Å². The minimum absolute atomic E-state index is 0.0468. The number of nitrogens with one attached hydrogen (secondary N) is 2. The Bertz CT molecular complexity index is 2560. The summed E-state index contributed by atoms with van der Waals surface area (Å²) in [4.78, 5) is 40.1. The van der Waals surface area contributed by atoms with Crippen molar-refractivity contribution in [3.8, 4) is 17.2 Å². The molecule has 2 aliphatic rings. The van der Waals surface area contributed by atoms with Crippen LogP contribution in [-0.2, 0) is 29.9 Å². The summed E-state index contributed by atoms with van der Waals surface area (Å²) in [6.45, 7) is -1.08. The topological polar surface area (TPSA) is 158 Å². The Morgan fingerprint density at radius 3 is 2.47 bits per heavy atom. The maximum Gasteiger partial charge on any atom is 0.433 e. The molecule has 0 aliphatic heterocycles. The number of nitrogens with zero attached hydrogens (tertiary/aromatic N) is 7. The normalized spacial score (nSPS) is 17.5. The predicted octanol–water partition coefficient (Wildman–Crippen LogP) is 7.11. The molecule has 4 N–H and O–H groups in total. The SMILES string of the molecule is CNc1c(-n2c(C(Cc3cc(F)cc(F)c3)NC(=O)Cn3nc(C(F)F)c4c3C(F)(F)C3CC43)nc(-c3nccc(C(F)(F)F)n3)cc2=O)ccc(Cl)c1/C(N)=N/SC. The highest BCUT2D eigenvalue weighted by Crippen LogP contribution is 2.68. The van der Waals surface area contributed by atoms with Crippen molar-refractivity contribution < 1.29 is 44.3 Å². The Balaban J connectivity index is 1.43. The highest BCUT2D eigenvalue weighted by Gasteiger charge is 2.67. The van der Waals surface area contributed by atoms with E-state index in [1.165, 1.54) is 19.2 Å². The first-order valence-electron chi connectivity index (χ1n) is 17.3. The van der Waals surface area contributed by atoms with Crippen LogP contribution in [0, 0.1) is 17.6 Å². The second-order valence-corrected chi connectivity index (χ2v) is 14.4. The number of halogens is 10. The van der Waals surface area contributed by atoms with E-state index in [0.717, 1.165) is 40.9 Å². The molecule has 0 radical (unpaired) electrons. The third kappa shape index (κ3) is 7.81. The van der Waals surface area contributed by atoms with Gasteiger partial charge in [0.05, 0.1) is 28.0 Å². The zero-order valence-corrected chi connectivity index (χ0v) is 31.8. The van der Waals surface area contributed by atoms with E-state index in [0.29, 0.717) is 16.8 Å². The van der Waals surface area contributed by atoms with Gasteiger partial charge in [0.15, 0.2) is 5.82 Å². The lowest BCUT2D eigenvalue weighted by Gasteiger charge is -2.25. The van der Waals surface area contributed by atoms with E-state index < -0.39 is 107 Å². The molecule has 5 aromatic rings. The highest BCUT2D eigenvalue weighted by molar-refractivity contribution is 7.97. The van der Waals surface area contributed by atoms with Crippen LogP contribution in [0.25, 0.3) is 17.2 Å². The van der Waals surface area contributed by atoms with Gasteiger partial charge in [0, 0.05) is 49.5 Å². The lowest BCUT2D eigenvalue weighted by molar-refractivity contribution is -0.141. The van der Waals surface area contributed by atoms with Crippen molar-refractivity contribution in [3.63, 3.8) is 0 Å². The van der Waals surface area contributed by atoms with Crippen LogP contribution in [0.1, 0.15) is 64.4 Å². The molecule has 12 nitrogen and oxygen atoms in total. The van der Waals surface area contributed by atoms with Crippen molar-refractivity contribution in [1.82, 2.24) is 34.6 Å². The van der Waals surface area contributed by atoms with Crippen LogP contribution in [-0.4, -0.2) is 54.3 Å². The Kier molecular flexibility index (Phi) is 10.9. The Morgan fingerprint density at radius 1 is 1.12 bits per heavy atom. The molecule has 1 saturated carbocycles. The molecule has 2 aliphatic carbocycles. The molecule has 3 heterocycles. The van der Waals surface area contributed by atoms with Gasteiger partial charge >= 0.3 is 6.18 Å². The fraction of sp³-hybridized carbons (Fsp3) is 0.306. The smallest absolute Gasteiger partial charge is 0.386 e. The predicted molar refractivity (Wildman–Crippen MR) is 198 cm³/mol. The Hall–Kier alpha value is -5.64. The average molecular weight is 871 g/mol. The molecule has 2 aromatic carbocycles. The van der Waals surface area contributed by atoms with Crippen LogP contribution < -0.4 is 21.9 Å². The van der Waals surface area contributed by atoms with Crippen molar-refractivity contribution in [1.29, 1.82) is 0 Å². The van der Waals surface area contributed by atoms with Gasteiger partial charge in [-0.2, -0.15) is 31.4 Å². The number of hydrogen-bond acceptors (Lipinski definition) is 9. The average Bonchev–Trinajstić information content (AvgIpc) is 3.82. The van der Waals surface area contributed by atoms with Gasteiger partial charge in [-0.25, -0.2) is 32.5 Å². The molecular formula is C36H28ClF9N10O2S. The molecule has 23 heteroatoms. The second-order valence-electron chi connectivity index (χ2n) is 13.4. The van der Waals surface area contributed by atoms with Crippen molar-refractivity contribution in [3.05, 3.63) is 115 Å². The number of alkyl halides is 7. The van der Waals surface area contributed by atoms with Crippen molar-refractivity contribution in [2.75, 3.05) is 18.6 Å². The van der Waals surface area contributed by atoms with Gasteiger partial charge in [0.2, 0.25) is 5.91 Å². The fourth-order valence-corrected chi connectivity index (χ4v) is 7.80. The largest absolute Gasteiger partial charge is 0.433 e. The number of hydrogen-bond donors (Lipinski definition) is 3. The van der Waals surface area contributed by atoms with E-state index in [2.05, 4.69) is 35.1 Å². The molecule has 310 valence electrons. The van der Waals surface area contributed by atoms with Gasteiger partial charge in [-0.05, 0) is 60.2 Å².